The van der Waals surface area contributed by atoms with Crippen molar-refractivity contribution in [1.29, 1.82) is 0 Å². The van der Waals surface area contributed by atoms with E-state index >= 15 is 0 Å². The lowest BCUT2D eigenvalue weighted by Crippen LogP contribution is -2.47. The maximum Gasteiger partial charge on any atom is 0.264 e. The van der Waals surface area contributed by atoms with Gasteiger partial charge in [0.05, 0.1) is 17.1 Å². The Morgan fingerprint density at radius 2 is 2.07 bits per heavy atom. The molecule has 0 aromatic carbocycles. The molecule has 6 nitrogen and oxygen atoms in total. The minimum Gasteiger partial charge on any atom is -0.348 e. The number of aryl methyl sites for hydroxylation is 1. The number of hydrogen-bond donors (Lipinski definition) is 1. The van der Waals surface area contributed by atoms with E-state index in [2.05, 4.69) is 17.3 Å². The van der Waals surface area contributed by atoms with Gasteiger partial charge in [-0.2, -0.15) is 5.10 Å². The summed E-state index contributed by atoms with van der Waals surface area (Å²) in [7, 11) is 1.82. The van der Waals surface area contributed by atoms with Gasteiger partial charge in [-0.25, -0.2) is 4.39 Å². The second-order valence-corrected chi connectivity index (χ2v) is 8.91. The maximum absolute atomic E-state index is 14.2. The first kappa shape index (κ1) is 18.4. The van der Waals surface area contributed by atoms with Gasteiger partial charge in [0.2, 0.25) is 0 Å². The molecule has 0 atom stereocenters. The number of alkyl halides is 1. The number of aromatic nitrogens is 2. The molecule has 1 saturated heterocycles. The fourth-order valence-electron chi connectivity index (χ4n) is 3.75. The number of carbonyl (C=O) groups is 2. The topological polar surface area (TPSA) is 67.2 Å². The highest BCUT2D eigenvalue weighted by Crippen LogP contribution is 2.36. The molecule has 1 N–H and O–H groups in total. The minimum atomic E-state index is -1.71. The van der Waals surface area contributed by atoms with E-state index in [-0.39, 0.29) is 12.5 Å². The SMILES string of the molecule is CC1CCN(C(=O)c2cc3c(CNC(=O)C4(F)CCC4)nn(C)c3s2)CC1. The van der Waals surface area contributed by atoms with Crippen LogP contribution in [0.25, 0.3) is 10.2 Å². The summed E-state index contributed by atoms with van der Waals surface area (Å²) in [6.07, 6.45) is 3.42. The molecule has 0 bridgehead atoms. The molecule has 2 aromatic heterocycles. The molecule has 8 heteroatoms. The summed E-state index contributed by atoms with van der Waals surface area (Å²) < 4.78 is 15.9. The molecule has 2 fully saturated rings. The summed E-state index contributed by atoms with van der Waals surface area (Å²) in [4.78, 5) is 28.4. The van der Waals surface area contributed by atoms with Crippen molar-refractivity contribution in [2.45, 2.75) is 51.2 Å². The third kappa shape index (κ3) is 3.35. The number of nitrogens with one attached hydrogen (secondary N) is 1. The monoisotopic (exact) mass is 392 g/mol. The first-order chi connectivity index (χ1) is 12.9. The molecule has 27 heavy (non-hydrogen) atoms. The zero-order valence-corrected chi connectivity index (χ0v) is 16.6. The number of fused-ring (bicyclic) bond motifs is 1. The molecule has 4 rings (SSSR count). The lowest BCUT2D eigenvalue weighted by molar-refractivity contribution is -0.138. The standard InChI is InChI=1S/C19H25FN4O2S/c1-12-4-8-24(9-5-12)16(25)15-10-13-14(22-23(2)17(13)27-15)11-21-18(26)19(20)6-3-7-19/h10,12H,3-9,11H2,1-2H3,(H,21,26). The van der Waals surface area contributed by atoms with Gasteiger partial charge in [0.15, 0.2) is 5.67 Å². The van der Waals surface area contributed by atoms with Crippen LogP contribution in [0.1, 0.15) is 54.4 Å². The number of hydrogen-bond acceptors (Lipinski definition) is 4. The molecule has 0 radical (unpaired) electrons. The first-order valence-electron chi connectivity index (χ1n) is 9.59. The average molecular weight is 393 g/mol. The normalized spacial score (nSPS) is 19.9. The molecule has 1 aliphatic heterocycles. The van der Waals surface area contributed by atoms with Crippen molar-refractivity contribution in [3.8, 4) is 0 Å². The van der Waals surface area contributed by atoms with Crippen LogP contribution in [0.15, 0.2) is 6.07 Å². The van der Waals surface area contributed by atoms with Gasteiger partial charge >= 0.3 is 0 Å². The molecule has 146 valence electrons. The number of nitrogens with zero attached hydrogens (tertiary/aromatic N) is 3. The van der Waals surface area contributed by atoms with E-state index in [9.17, 15) is 14.0 Å². The molecular formula is C19H25FN4O2S. The molecule has 3 heterocycles. The Bertz CT molecular complexity index is 878. The minimum absolute atomic E-state index is 0.0651. The van der Waals surface area contributed by atoms with Crippen LogP contribution in [-0.2, 0) is 18.4 Å². The fourth-order valence-corrected chi connectivity index (χ4v) is 4.81. The second kappa shape index (κ2) is 6.89. The van der Waals surface area contributed by atoms with Crippen LogP contribution >= 0.6 is 11.3 Å². The van der Waals surface area contributed by atoms with E-state index in [1.807, 2.05) is 18.0 Å². The number of halogens is 1. The summed E-state index contributed by atoms with van der Waals surface area (Å²) in [5, 5.41) is 7.97. The van der Waals surface area contributed by atoms with Crippen molar-refractivity contribution in [1.82, 2.24) is 20.0 Å². The van der Waals surface area contributed by atoms with Crippen LogP contribution in [0.3, 0.4) is 0 Å². The van der Waals surface area contributed by atoms with E-state index in [0.29, 0.717) is 29.3 Å². The number of carbonyl (C=O) groups excluding carboxylic acids is 2. The van der Waals surface area contributed by atoms with Gasteiger partial charge in [-0.05, 0) is 44.1 Å². The maximum atomic E-state index is 14.2. The Labute approximate surface area is 161 Å². The summed E-state index contributed by atoms with van der Waals surface area (Å²) in [5.41, 5.74) is -1.04. The lowest BCUT2D eigenvalue weighted by Gasteiger charge is -2.31. The predicted octanol–water partition coefficient (Wildman–Crippen LogP) is 3.02. The van der Waals surface area contributed by atoms with Crippen LogP contribution in [-0.4, -0.2) is 45.3 Å². The van der Waals surface area contributed by atoms with Crippen LogP contribution in [0, 0.1) is 5.92 Å². The highest BCUT2D eigenvalue weighted by Gasteiger charge is 2.44. The Morgan fingerprint density at radius 3 is 2.70 bits per heavy atom. The Kier molecular flexibility index (Phi) is 4.70. The Hall–Kier alpha value is -1.96. The van der Waals surface area contributed by atoms with Crippen molar-refractivity contribution in [2.24, 2.45) is 13.0 Å². The quantitative estimate of drug-likeness (QED) is 0.870. The van der Waals surface area contributed by atoms with E-state index in [4.69, 9.17) is 0 Å². The zero-order chi connectivity index (χ0) is 19.2. The van der Waals surface area contributed by atoms with E-state index in [1.165, 1.54) is 11.3 Å². The van der Waals surface area contributed by atoms with Gasteiger partial charge in [0.25, 0.3) is 11.8 Å². The van der Waals surface area contributed by atoms with E-state index in [1.54, 1.807) is 4.68 Å². The summed E-state index contributed by atoms with van der Waals surface area (Å²) in [5.74, 6) is 0.183. The third-order valence-electron chi connectivity index (χ3n) is 5.84. The van der Waals surface area contributed by atoms with Crippen molar-refractivity contribution in [3.05, 3.63) is 16.6 Å². The fraction of sp³-hybridized carbons (Fsp3) is 0.632. The highest BCUT2D eigenvalue weighted by atomic mass is 32.1. The molecule has 0 unspecified atom stereocenters. The predicted molar refractivity (Wildman–Crippen MR) is 102 cm³/mol. The molecular weight excluding hydrogens is 367 g/mol. The molecule has 2 aliphatic rings. The van der Waals surface area contributed by atoms with Gasteiger partial charge in [0.1, 0.15) is 4.83 Å². The Morgan fingerprint density at radius 1 is 1.37 bits per heavy atom. The number of piperidine rings is 1. The van der Waals surface area contributed by atoms with Crippen LogP contribution in [0.5, 0.6) is 0 Å². The summed E-state index contributed by atoms with van der Waals surface area (Å²) in [6, 6.07) is 1.86. The first-order valence-corrected chi connectivity index (χ1v) is 10.4. The number of rotatable bonds is 4. The summed E-state index contributed by atoms with van der Waals surface area (Å²) in [6.45, 7) is 3.99. The number of amides is 2. The lowest BCUT2D eigenvalue weighted by atomic mass is 9.81. The van der Waals surface area contributed by atoms with E-state index in [0.717, 1.165) is 42.6 Å². The summed E-state index contributed by atoms with van der Waals surface area (Å²) >= 11 is 1.43. The van der Waals surface area contributed by atoms with Crippen LogP contribution < -0.4 is 5.32 Å². The Balaban J connectivity index is 1.50. The van der Waals surface area contributed by atoms with Crippen molar-refractivity contribution < 1.29 is 14.0 Å². The van der Waals surface area contributed by atoms with Gasteiger partial charge in [-0.1, -0.05) is 6.92 Å². The van der Waals surface area contributed by atoms with Crippen LogP contribution in [0.2, 0.25) is 0 Å². The second-order valence-electron chi connectivity index (χ2n) is 7.88. The molecule has 2 amide bonds. The van der Waals surface area contributed by atoms with Gasteiger partial charge in [-0.3, -0.25) is 14.3 Å². The van der Waals surface area contributed by atoms with Crippen molar-refractivity contribution in [2.75, 3.05) is 13.1 Å². The largest absolute Gasteiger partial charge is 0.348 e. The number of thiophene rings is 1. The number of likely N-dealkylation sites (tertiary alicyclic amines) is 1. The van der Waals surface area contributed by atoms with Gasteiger partial charge < -0.3 is 10.2 Å². The smallest absolute Gasteiger partial charge is 0.264 e. The zero-order valence-electron chi connectivity index (χ0n) is 15.8. The highest BCUT2D eigenvalue weighted by molar-refractivity contribution is 7.20. The molecule has 0 spiro atoms. The molecule has 2 aromatic rings. The van der Waals surface area contributed by atoms with Crippen molar-refractivity contribution in [3.63, 3.8) is 0 Å². The van der Waals surface area contributed by atoms with Gasteiger partial charge in [0, 0.05) is 25.5 Å². The van der Waals surface area contributed by atoms with Crippen LogP contribution in [0.4, 0.5) is 4.39 Å². The molecule has 1 saturated carbocycles. The van der Waals surface area contributed by atoms with Gasteiger partial charge in [-0.15, -0.1) is 11.3 Å². The molecule has 1 aliphatic carbocycles. The average Bonchev–Trinajstić information content (AvgIpc) is 3.18. The van der Waals surface area contributed by atoms with E-state index < -0.39 is 11.6 Å². The van der Waals surface area contributed by atoms with Crippen molar-refractivity contribution >= 4 is 33.4 Å². The third-order valence-corrected chi connectivity index (χ3v) is 7.03.